The van der Waals surface area contributed by atoms with Crippen molar-refractivity contribution in [1.29, 1.82) is 0 Å². The first-order valence-corrected chi connectivity index (χ1v) is 4.97. The number of alkyl halides is 3. The topological polar surface area (TPSA) is 58.9 Å². The summed E-state index contributed by atoms with van der Waals surface area (Å²) in [6, 6.07) is 4.77. The molecule has 2 rings (SSSR count). The molecular weight excluding hydrogens is 247 g/mol. The molecule has 18 heavy (non-hydrogen) atoms. The third-order valence-electron chi connectivity index (χ3n) is 2.20. The second kappa shape index (κ2) is 4.69. The molecule has 0 saturated heterocycles. The number of pyridine rings is 1. The molecule has 0 bridgehead atoms. The Hall–Kier alpha value is -2.02. The lowest BCUT2D eigenvalue weighted by molar-refractivity contribution is -0.142. The predicted molar refractivity (Wildman–Crippen MR) is 56.2 cm³/mol. The monoisotopic (exact) mass is 255 g/mol. The van der Waals surface area contributed by atoms with Crippen LogP contribution in [0.1, 0.15) is 11.3 Å². The number of aliphatic hydroxyl groups is 1. The van der Waals surface area contributed by atoms with E-state index in [1.165, 1.54) is 12.3 Å². The van der Waals surface area contributed by atoms with Gasteiger partial charge < -0.3 is 5.11 Å². The molecule has 0 atom stereocenters. The molecule has 0 spiro atoms. The molecule has 0 aliphatic heterocycles. The summed E-state index contributed by atoms with van der Waals surface area (Å²) < 4.78 is 38.1. The van der Waals surface area contributed by atoms with E-state index >= 15 is 0 Å². The number of hydrogen-bond donors (Lipinski definition) is 1. The normalized spacial score (nSPS) is 11.6. The van der Waals surface area contributed by atoms with Crippen molar-refractivity contribution >= 4 is 0 Å². The van der Waals surface area contributed by atoms with Gasteiger partial charge in [0.25, 0.3) is 0 Å². The van der Waals surface area contributed by atoms with Crippen molar-refractivity contribution in [3.63, 3.8) is 0 Å². The number of halogens is 3. The van der Waals surface area contributed by atoms with Gasteiger partial charge in [-0.25, -0.2) is 9.97 Å². The fourth-order valence-corrected chi connectivity index (χ4v) is 1.39. The highest BCUT2D eigenvalue weighted by Gasteiger charge is 2.36. The Balaban J connectivity index is 2.53. The first-order chi connectivity index (χ1) is 8.52. The van der Waals surface area contributed by atoms with Gasteiger partial charge in [0.15, 0.2) is 11.5 Å². The first-order valence-electron chi connectivity index (χ1n) is 4.97. The van der Waals surface area contributed by atoms with Crippen molar-refractivity contribution in [3.8, 4) is 11.5 Å². The van der Waals surface area contributed by atoms with Crippen molar-refractivity contribution in [2.45, 2.75) is 12.8 Å². The maximum Gasteiger partial charge on any atom is 0.433 e. The Labute approximate surface area is 100 Å². The average Bonchev–Trinajstić information content (AvgIpc) is 2.38. The zero-order valence-electron chi connectivity index (χ0n) is 9.02. The Morgan fingerprint density at radius 1 is 1.17 bits per heavy atom. The van der Waals surface area contributed by atoms with E-state index in [1.54, 1.807) is 12.1 Å². The molecule has 0 aromatic carbocycles. The molecule has 0 radical (unpaired) electrons. The van der Waals surface area contributed by atoms with Crippen molar-refractivity contribution in [2.24, 2.45) is 0 Å². The summed E-state index contributed by atoms with van der Waals surface area (Å²) in [6.07, 6.45) is -2.24. The highest BCUT2D eigenvalue weighted by Crippen LogP contribution is 2.31. The van der Waals surface area contributed by atoms with Crippen LogP contribution in [0, 0.1) is 0 Å². The first kappa shape index (κ1) is 12.4. The van der Waals surface area contributed by atoms with Gasteiger partial charge in [-0.2, -0.15) is 13.2 Å². The third-order valence-corrected chi connectivity index (χ3v) is 2.20. The second-order valence-corrected chi connectivity index (χ2v) is 3.44. The van der Waals surface area contributed by atoms with Gasteiger partial charge in [0.05, 0.1) is 6.61 Å². The molecule has 94 valence electrons. The van der Waals surface area contributed by atoms with Gasteiger partial charge in [0.1, 0.15) is 5.69 Å². The standard InChI is InChI=1S/C11H8F3N3O/c12-11(13,14)9-7(6-18)5-16-10(17-9)8-3-1-2-4-15-8/h1-5,18H,6H2. The van der Waals surface area contributed by atoms with E-state index in [4.69, 9.17) is 5.11 Å². The van der Waals surface area contributed by atoms with Gasteiger partial charge in [-0.3, -0.25) is 4.98 Å². The highest BCUT2D eigenvalue weighted by atomic mass is 19.4. The molecule has 1 N–H and O–H groups in total. The molecule has 0 amide bonds. The van der Waals surface area contributed by atoms with Crippen LogP contribution >= 0.6 is 0 Å². The van der Waals surface area contributed by atoms with E-state index in [2.05, 4.69) is 15.0 Å². The summed E-state index contributed by atoms with van der Waals surface area (Å²) in [5.41, 5.74) is -1.25. The summed E-state index contributed by atoms with van der Waals surface area (Å²) in [5, 5.41) is 8.85. The predicted octanol–water partition coefficient (Wildman–Crippen LogP) is 2.05. The summed E-state index contributed by atoms with van der Waals surface area (Å²) in [6.45, 7) is -0.767. The van der Waals surface area contributed by atoms with Crippen LogP contribution < -0.4 is 0 Å². The number of aliphatic hydroxyl groups excluding tert-OH is 1. The fourth-order valence-electron chi connectivity index (χ4n) is 1.39. The Morgan fingerprint density at radius 3 is 2.50 bits per heavy atom. The van der Waals surface area contributed by atoms with Gasteiger partial charge in [-0.15, -0.1) is 0 Å². The summed E-state index contributed by atoms with van der Waals surface area (Å²) >= 11 is 0. The van der Waals surface area contributed by atoms with Crippen LogP contribution in [0.3, 0.4) is 0 Å². The molecule has 0 unspecified atom stereocenters. The minimum absolute atomic E-state index is 0.125. The number of rotatable bonds is 2. The van der Waals surface area contributed by atoms with E-state index in [0.29, 0.717) is 0 Å². The lowest BCUT2D eigenvalue weighted by Crippen LogP contribution is -2.14. The minimum atomic E-state index is -4.63. The maximum absolute atomic E-state index is 12.7. The van der Waals surface area contributed by atoms with Crippen molar-refractivity contribution in [1.82, 2.24) is 15.0 Å². The summed E-state index contributed by atoms with van der Waals surface area (Å²) in [5.74, 6) is -0.125. The van der Waals surface area contributed by atoms with Crippen LogP contribution in [0.25, 0.3) is 11.5 Å². The average molecular weight is 255 g/mol. The fraction of sp³-hybridized carbons (Fsp3) is 0.182. The van der Waals surface area contributed by atoms with E-state index in [-0.39, 0.29) is 17.1 Å². The summed E-state index contributed by atoms with van der Waals surface area (Å²) in [4.78, 5) is 11.1. The van der Waals surface area contributed by atoms with E-state index in [9.17, 15) is 13.2 Å². The molecule has 0 fully saturated rings. The van der Waals surface area contributed by atoms with Crippen LogP contribution in [-0.4, -0.2) is 20.1 Å². The Bertz CT molecular complexity index is 543. The number of nitrogens with zero attached hydrogens (tertiary/aromatic N) is 3. The zero-order valence-corrected chi connectivity index (χ0v) is 9.02. The molecule has 2 aromatic rings. The van der Waals surface area contributed by atoms with E-state index < -0.39 is 18.5 Å². The van der Waals surface area contributed by atoms with Gasteiger partial charge in [0, 0.05) is 18.0 Å². The molecular formula is C11H8F3N3O. The van der Waals surface area contributed by atoms with Gasteiger partial charge in [-0.1, -0.05) is 6.07 Å². The SMILES string of the molecule is OCc1cnc(-c2ccccn2)nc1C(F)(F)F. The van der Waals surface area contributed by atoms with E-state index in [0.717, 1.165) is 6.20 Å². The smallest absolute Gasteiger partial charge is 0.392 e. The lowest BCUT2D eigenvalue weighted by atomic mass is 10.2. The van der Waals surface area contributed by atoms with Crippen LogP contribution in [0.15, 0.2) is 30.6 Å². The molecule has 0 saturated carbocycles. The number of hydrogen-bond acceptors (Lipinski definition) is 4. The largest absolute Gasteiger partial charge is 0.433 e. The van der Waals surface area contributed by atoms with Crippen LogP contribution in [0.5, 0.6) is 0 Å². The molecule has 4 nitrogen and oxygen atoms in total. The van der Waals surface area contributed by atoms with Crippen molar-refractivity contribution < 1.29 is 18.3 Å². The quantitative estimate of drug-likeness (QED) is 0.892. The maximum atomic E-state index is 12.7. The molecule has 0 aliphatic rings. The molecule has 2 heterocycles. The Morgan fingerprint density at radius 2 is 1.94 bits per heavy atom. The molecule has 7 heteroatoms. The second-order valence-electron chi connectivity index (χ2n) is 3.44. The van der Waals surface area contributed by atoms with E-state index in [1.807, 2.05) is 0 Å². The van der Waals surface area contributed by atoms with Crippen LogP contribution in [0.4, 0.5) is 13.2 Å². The van der Waals surface area contributed by atoms with Crippen LogP contribution in [-0.2, 0) is 12.8 Å². The van der Waals surface area contributed by atoms with Gasteiger partial charge in [0.2, 0.25) is 0 Å². The van der Waals surface area contributed by atoms with Crippen molar-refractivity contribution in [2.75, 3.05) is 0 Å². The lowest BCUT2D eigenvalue weighted by Gasteiger charge is -2.10. The number of aromatic nitrogens is 3. The molecule has 2 aromatic heterocycles. The van der Waals surface area contributed by atoms with Gasteiger partial charge >= 0.3 is 6.18 Å². The zero-order chi connectivity index (χ0) is 13.2. The molecule has 0 aliphatic carbocycles. The Kier molecular flexibility index (Phi) is 3.24. The highest BCUT2D eigenvalue weighted by molar-refractivity contribution is 5.49. The summed E-state index contributed by atoms with van der Waals surface area (Å²) in [7, 11) is 0. The third kappa shape index (κ3) is 2.45. The minimum Gasteiger partial charge on any atom is -0.392 e. The van der Waals surface area contributed by atoms with Gasteiger partial charge in [-0.05, 0) is 12.1 Å². The van der Waals surface area contributed by atoms with Crippen LogP contribution in [0.2, 0.25) is 0 Å². The van der Waals surface area contributed by atoms with Crippen molar-refractivity contribution in [3.05, 3.63) is 41.9 Å².